The Hall–Kier alpha value is -4.60. The van der Waals surface area contributed by atoms with Crippen molar-refractivity contribution in [3.8, 4) is 0 Å². The van der Waals surface area contributed by atoms with Crippen LogP contribution in [0.2, 0.25) is 0 Å². The first kappa shape index (κ1) is 22.6. The van der Waals surface area contributed by atoms with Gasteiger partial charge in [-0.1, -0.05) is 24.3 Å². The summed E-state index contributed by atoms with van der Waals surface area (Å²) in [7, 11) is 0. The lowest BCUT2D eigenvalue weighted by molar-refractivity contribution is -0.385. The average Bonchev–Trinajstić information content (AvgIpc) is 2.82. The maximum atomic E-state index is 13.4. The highest BCUT2D eigenvalue weighted by Crippen LogP contribution is 2.36. The topological polar surface area (TPSA) is 121 Å². The molecule has 1 unspecified atom stereocenters. The second kappa shape index (κ2) is 8.39. The number of nitrogens with zero attached hydrogens (tertiary/aromatic N) is 1. The maximum Gasteiger partial charge on any atom is 0.345 e. The minimum atomic E-state index is -1.52. The third-order valence-electron chi connectivity index (χ3n) is 5.33. The number of hydrogen-bond donors (Lipinski definition) is 0. The molecule has 1 aliphatic rings. The maximum absolute atomic E-state index is 13.4. The van der Waals surface area contributed by atoms with E-state index in [4.69, 9.17) is 4.74 Å². The van der Waals surface area contributed by atoms with Crippen molar-refractivity contribution in [3.05, 3.63) is 110 Å². The number of rotatable bonds is 5. The highest BCUT2D eigenvalue weighted by molar-refractivity contribution is 6.30. The van der Waals surface area contributed by atoms with Crippen molar-refractivity contribution in [1.82, 2.24) is 0 Å². The van der Waals surface area contributed by atoms with Gasteiger partial charge in [0.1, 0.15) is 11.1 Å². The van der Waals surface area contributed by atoms with Crippen molar-refractivity contribution in [3.63, 3.8) is 0 Å². The third kappa shape index (κ3) is 3.64. The quantitative estimate of drug-likeness (QED) is 0.188. The molecule has 1 atom stereocenters. The summed E-state index contributed by atoms with van der Waals surface area (Å²) < 4.78 is 31.6. The molecule has 4 rings (SSSR count). The molecular weight excluding hydrogens is 452 g/mol. The summed E-state index contributed by atoms with van der Waals surface area (Å²) >= 11 is 0. The summed E-state index contributed by atoms with van der Waals surface area (Å²) in [6.45, 7) is 1.15. The van der Waals surface area contributed by atoms with E-state index in [1.165, 1.54) is 18.2 Å². The molecule has 0 amide bonds. The first-order valence-corrected chi connectivity index (χ1v) is 9.82. The number of halogens is 2. The number of Topliss-reactive ketones (excluding diaryl/α,β-unsaturated/α-hetero) is 1. The highest BCUT2D eigenvalue weighted by Gasteiger charge is 2.39. The number of ether oxygens (including phenoxy) is 1. The summed E-state index contributed by atoms with van der Waals surface area (Å²) in [6, 6.07) is 10.2. The fraction of sp³-hybridized carbons (Fsp3) is 0.0833. The molecule has 8 nitrogen and oxygen atoms in total. The van der Waals surface area contributed by atoms with E-state index in [9.17, 15) is 38.1 Å². The second-order valence-electron chi connectivity index (χ2n) is 7.39. The molecule has 0 aromatic heterocycles. The predicted molar refractivity (Wildman–Crippen MR) is 112 cm³/mol. The molecule has 0 N–H and O–H groups in total. The molecule has 0 spiro atoms. The highest BCUT2D eigenvalue weighted by atomic mass is 19.2. The van der Waals surface area contributed by atoms with Gasteiger partial charge in [0, 0.05) is 22.3 Å². The largest absolute Gasteiger partial charge is 0.450 e. The second-order valence-corrected chi connectivity index (χ2v) is 7.39. The van der Waals surface area contributed by atoms with Crippen molar-refractivity contribution in [1.29, 1.82) is 0 Å². The Morgan fingerprint density at radius 1 is 0.912 bits per heavy atom. The smallest absolute Gasteiger partial charge is 0.345 e. The number of benzene rings is 3. The molecule has 0 saturated carbocycles. The molecule has 0 bridgehead atoms. The number of carbonyl (C=O) groups excluding carboxylic acids is 4. The van der Waals surface area contributed by atoms with Gasteiger partial charge in [0.15, 0.2) is 23.5 Å². The number of nitro benzene ring substituents is 1. The molecule has 0 saturated heterocycles. The Balaban J connectivity index is 1.71. The van der Waals surface area contributed by atoms with Gasteiger partial charge in [-0.05, 0) is 37.3 Å². The molecule has 3 aromatic carbocycles. The zero-order chi connectivity index (χ0) is 24.7. The van der Waals surface area contributed by atoms with Crippen LogP contribution >= 0.6 is 0 Å². The lowest BCUT2D eigenvalue weighted by Crippen LogP contribution is -2.27. The molecule has 0 aliphatic heterocycles. The van der Waals surface area contributed by atoms with Crippen LogP contribution in [0.15, 0.2) is 54.6 Å². The Morgan fingerprint density at radius 3 is 2.18 bits per heavy atom. The summed E-state index contributed by atoms with van der Waals surface area (Å²) in [5.74, 6) is -6.07. The molecule has 0 heterocycles. The van der Waals surface area contributed by atoms with E-state index in [1.807, 2.05) is 0 Å². The van der Waals surface area contributed by atoms with Crippen molar-refractivity contribution in [2.24, 2.45) is 0 Å². The van der Waals surface area contributed by atoms with E-state index >= 15 is 0 Å². The van der Waals surface area contributed by atoms with Gasteiger partial charge in [-0.2, -0.15) is 0 Å². The Bertz CT molecular complexity index is 1430. The monoisotopic (exact) mass is 465 g/mol. The van der Waals surface area contributed by atoms with Crippen LogP contribution in [-0.4, -0.2) is 34.3 Å². The molecule has 0 radical (unpaired) electrons. The van der Waals surface area contributed by atoms with Gasteiger partial charge in [0.25, 0.3) is 5.69 Å². The number of carbonyl (C=O) groups is 4. The zero-order valence-electron chi connectivity index (χ0n) is 17.3. The fourth-order valence-corrected chi connectivity index (χ4v) is 3.69. The molecular formula is C24H13F2NO7. The van der Waals surface area contributed by atoms with Crippen LogP contribution in [0, 0.1) is 21.7 Å². The van der Waals surface area contributed by atoms with E-state index in [2.05, 4.69) is 0 Å². The third-order valence-corrected chi connectivity index (χ3v) is 5.33. The predicted octanol–water partition coefficient (Wildman–Crippen LogP) is 4.08. The lowest BCUT2D eigenvalue weighted by atomic mass is 9.82. The van der Waals surface area contributed by atoms with Gasteiger partial charge in [0.2, 0.25) is 11.6 Å². The normalized spacial score (nSPS) is 13.0. The van der Waals surface area contributed by atoms with Gasteiger partial charge in [0.05, 0.1) is 4.92 Å². The standard InChI is InChI=1S/C24H13F2NO7/c1-11(21(28)12-6-9-17(25)18(26)10-12)34-24(31)16-8-7-15-19(20(16)27(32)33)23(30)14-5-3-2-4-13(14)22(15)29/h2-11H,1H3. The molecule has 0 fully saturated rings. The van der Waals surface area contributed by atoms with Crippen LogP contribution in [0.4, 0.5) is 14.5 Å². The summed E-state index contributed by atoms with van der Waals surface area (Å²) in [6.07, 6.45) is -1.52. The van der Waals surface area contributed by atoms with Gasteiger partial charge >= 0.3 is 5.97 Å². The number of hydrogen-bond acceptors (Lipinski definition) is 7. The minimum Gasteiger partial charge on any atom is -0.450 e. The van der Waals surface area contributed by atoms with E-state index in [-0.39, 0.29) is 22.3 Å². The van der Waals surface area contributed by atoms with Crippen molar-refractivity contribution < 1.29 is 37.6 Å². The van der Waals surface area contributed by atoms with Crippen LogP contribution in [0.1, 0.15) is 59.5 Å². The van der Waals surface area contributed by atoms with Crippen molar-refractivity contribution >= 4 is 29.0 Å². The number of esters is 1. The summed E-state index contributed by atoms with van der Waals surface area (Å²) in [4.78, 5) is 61.9. The SMILES string of the molecule is CC(OC(=O)c1ccc2c(c1[N+](=O)[O-])C(=O)c1ccccc1C2=O)C(=O)c1ccc(F)c(F)c1. The van der Waals surface area contributed by atoms with Gasteiger partial charge in [-0.25, -0.2) is 13.6 Å². The molecule has 34 heavy (non-hydrogen) atoms. The summed E-state index contributed by atoms with van der Waals surface area (Å²) in [5.41, 5.74) is -2.61. The number of ketones is 3. The van der Waals surface area contributed by atoms with Crippen LogP contribution < -0.4 is 0 Å². The minimum absolute atomic E-state index is 0.0458. The Morgan fingerprint density at radius 2 is 1.56 bits per heavy atom. The van der Waals surface area contributed by atoms with Gasteiger partial charge < -0.3 is 4.74 Å². The first-order valence-electron chi connectivity index (χ1n) is 9.82. The van der Waals surface area contributed by atoms with Crippen LogP contribution in [0.5, 0.6) is 0 Å². The number of fused-ring (bicyclic) bond motifs is 2. The van der Waals surface area contributed by atoms with Crippen molar-refractivity contribution in [2.45, 2.75) is 13.0 Å². The van der Waals surface area contributed by atoms with Crippen molar-refractivity contribution in [2.75, 3.05) is 0 Å². The molecule has 3 aromatic rings. The Labute approximate surface area is 189 Å². The lowest BCUT2D eigenvalue weighted by Gasteiger charge is -2.18. The zero-order valence-corrected chi connectivity index (χ0v) is 17.3. The average molecular weight is 465 g/mol. The van der Waals surface area contributed by atoms with E-state index in [0.29, 0.717) is 6.07 Å². The van der Waals surface area contributed by atoms with Crippen LogP contribution in [0.25, 0.3) is 0 Å². The van der Waals surface area contributed by atoms with Crippen LogP contribution in [-0.2, 0) is 4.74 Å². The van der Waals surface area contributed by atoms with Gasteiger partial charge in [-0.15, -0.1) is 0 Å². The van der Waals surface area contributed by atoms with E-state index < -0.39 is 62.8 Å². The Kier molecular flexibility index (Phi) is 5.58. The molecule has 170 valence electrons. The van der Waals surface area contributed by atoms with Gasteiger partial charge in [-0.3, -0.25) is 24.5 Å². The summed E-state index contributed by atoms with van der Waals surface area (Å²) in [5, 5.41) is 11.9. The molecule has 10 heteroatoms. The first-order chi connectivity index (χ1) is 16.1. The number of nitro groups is 1. The molecule has 1 aliphatic carbocycles. The van der Waals surface area contributed by atoms with Crippen LogP contribution in [0.3, 0.4) is 0 Å². The van der Waals surface area contributed by atoms with E-state index in [0.717, 1.165) is 31.2 Å². The fourth-order valence-electron chi connectivity index (χ4n) is 3.69. The van der Waals surface area contributed by atoms with E-state index in [1.54, 1.807) is 6.07 Å².